The summed E-state index contributed by atoms with van der Waals surface area (Å²) in [4.78, 5) is 0. The molecule has 0 aliphatic heterocycles. The average molecular weight is 281 g/mol. The Labute approximate surface area is 113 Å². The third-order valence-electron chi connectivity index (χ3n) is 3.58. The first-order chi connectivity index (χ1) is 9.58. The van der Waals surface area contributed by atoms with E-state index >= 15 is 0 Å². The SMILES string of the molecule is Fc1ccc(NC2CCc3c(F)cccc32)c(F)c1F. The number of hydrogen-bond acceptors (Lipinski definition) is 1. The van der Waals surface area contributed by atoms with Crippen molar-refractivity contribution < 1.29 is 17.6 Å². The van der Waals surface area contributed by atoms with Gasteiger partial charge in [-0.3, -0.25) is 0 Å². The molecular weight excluding hydrogens is 270 g/mol. The van der Waals surface area contributed by atoms with Crippen LogP contribution in [0.5, 0.6) is 0 Å². The summed E-state index contributed by atoms with van der Waals surface area (Å²) in [6.45, 7) is 0. The fourth-order valence-corrected chi connectivity index (χ4v) is 2.58. The van der Waals surface area contributed by atoms with Crippen LogP contribution in [-0.4, -0.2) is 0 Å². The van der Waals surface area contributed by atoms with E-state index in [0.717, 1.165) is 17.7 Å². The van der Waals surface area contributed by atoms with Crippen LogP contribution in [0.2, 0.25) is 0 Å². The van der Waals surface area contributed by atoms with E-state index < -0.39 is 17.5 Å². The zero-order valence-electron chi connectivity index (χ0n) is 10.4. The standard InChI is InChI=1S/C15H11F4N/c16-10-3-1-2-9-8(10)4-6-12(9)20-13-7-5-11(17)14(18)15(13)19/h1-3,5,7,12,20H,4,6H2. The number of hydrogen-bond donors (Lipinski definition) is 1. The molecule has 0 saturated carbocycles. The molecule has 20 heavy (non-hydrogen) atoms. The number of fused-ring (bicyclic) bond motifs is 1. The van der Waals surface area contributed by atoms with Crippen molar-refractivity contribution in [1.29, 1.82) is 0 Å². The van der Waals surface area contributed by atoms with E-state index in [1.807, 2.05) is 0 Å². The van der Waals surface area contributed by atoms with E-state index in [1.165, 1.54) is 6.07 Å². The Morgan fingerprint density at radius 2 is 1.70 bits per heavy atom. The van der Waals surface area contributed by atoms with Gasteiger partial charge in [0.2, 0.25) is 0 Å². The maximum atomic E-state index is 13.6. The van der Waals surface area contributed by atoms with Gasteiger partial charge in [0.1, 0.15) is 5.82 Å². The molecule has 0 aromatic heterocycles. The number of rotatable bonds is 2. The van der Waals surface area contributed by atoms with Crippen molar-refractivity contribution in [3.05, 3.63) is 64.7 Å². The molecule has 1 nitrogen and oxygen atoms in total. The van der Waals surface area contributed by atoms with Gasteiger partial charge in [0.05, 0.1) is 11.7 Å². The summed E-state index contributed by atoms with van der Waals surface area (Å²) in [5.74, 6) is -4.29. The summed E-state index contributed by atoms with van der Waals surface area (Å²) in [5, 5.41) is 2.81. The van der Waals surface area contributed by atoms with Gasteiger partial charge in [-0.15, -0.1) is 0 Å². The number of nitrogens with one attached hydrogen (secondary N) is 1. The zero-order chi connectivity index (χ0) is 14.3. The first-order valence-corrected chi connectivity index (χ1v) is 6.25. The lowest BCUT2D eigenvalue weighted by atomic mass is 10.1. The summed E-state index contributed by atoms with van der Waals surface area (Å²) >= 11 is 0. The van der Waals surface area contributed by atoms with E-state index in [4.69, 9.17) is 0 Å². The Balaban J connectivity index is 1.92. The number of halogens is 4. The van der Waals surface area contributed by atoms with Gasteiger partial charge in [0, 0.05) is 0 Å². The van der Waals surface area contributed by atoms with E-state index in [-0.39, 0.29) is 17.5 Å². The molecular formula is C15H11F4N. The van der Waals surface area contributed by atoms with Crippen molar-refractivity contribution >= 4 is 5.69 Å². The molecule has 0 amide bonds. The van der Waals surface area contributed by atoms with E-state index in [1.54, 1.807) is 12.1 Å². The van der Waals surface area contributed by atoms with Crippen LogP contribution in [0.4, 0.5) is 23.2 Å². The van der Waals surface area contributed by atoms with Gasteiger partial charge in [0.15, 0.2) is 17.5 Å². The molecule has 2 aromatic rings. The lowest BCUT2D eigenvalue weighted by Crippen LogP contribution is -2.10. The van der Waals surface area contributed by atoms with Crippen LogP contribution in [0, 0.1) is 23.3 Å². The van der Waals surface area contributed by atoms with E-state index in [9.17, 15) is 17.6 Å². The van der Waals surface area contributed by atoms with Crippen molar-refractivity contribution in [1.82, 2.24) is 0 Å². The van der Waals surface area contributed by atoms with Gasteiger partial charge in [-0.25, -0.2) is 17.6 Å². The molecule has 0 saturated heterocycles. The predicted octanol–water partition coefficient (Wildman–Crippen LogP) is 4.34. The van der Waals surface area contributed by atoms with Gasteiger partial charge in [-0.1, -0.05) is 12.1 Å². The summed E-state index contributed by atoms with van der Waals surface area (Å²) in [7, 11) is 0. The Morgan fingerprint density at radius 1 is 0.900 bits per heavy atom. The van der Waals surface area contributed by atoms with Crippen LogP contribution >= 0.6 is 0 Å². The first kappa shape index (κ1) is 13.0. The molecule has 1 N–H and O–H groups in total. The third kappa shape index (κ3) is 2.03. The maximum Gasteiger partial charge on any atom is 0.196 e. The Bertz CT molecular complexity index is 669. The predicted molar refractivity (Wildman–Crippen MR) is 67.4 cm³/mol. The topological polar surface area (TPSA) is 12.0 Å². The van der Waals surface area contributed by atoms with Gasteiger partial charge in [0.25, 0.3) is 0 Å². The van der Waals surface area contributed by atoms with Crippen LogP contribution in [0.25, 0.3) is 0 Å². The minimum atomic E-state index is -1.51. The Kier molecular flexibility index (Phi) is 3.12. The smallest absolute Gasteiger partial charge is 0.196 e. The fourth-order valence-electron chi connectivity index (χ4n) is 2.58. The minimum absolute atomic E-state index is 0.119. The molecule has 0 heterocycles. The molecule has 2 aromatic carbocycles. The van der Waals surface area contributed by atoms with Crippen molar-refractivity contribution in [3.8, 4) is 0 Å². The molecule has 1 unspecified atom stereocenters. The maximum absolute atomic E-state index is 13.6. The zero-order valence-corrected chi connectivity index (χ0v) is 10.4. The van der Waals surface area contributed by atoms with E-state index in [0.29, 0.717) is 18.4 Å². The molecule has 1 aliphatic rings. The lowest BCUT2D eigenvalue weighted by molar-refractivity contribution is 0.448. The molecule has 1 aliphatic carbocycles. The van der Waals surface area contributed by atoms with Crippen LogP contribution in [-0.2, 0) is 6.42 Å². The van der Waals surface area contributed by atoms with Crippen LogP contribution < -0.4 is 5.32 Å². The van der Waals surface area contributed by atoms with Crippen molar-refractivity contribution in [2.75, 3.05) is 5.32 Å². The molecule has 0 spiro atoms. The van der Waals surface area contributed by atoms with Crippen LogP contribution in [0.15, 0.2) is 30.3 Å². The molecule has 0 fully saturated rings. The molecule has 5 heteroatoms. The molecule has 3 rings (SSSR count). The van der Waals surface area contributed by atoms with Crippen molar-refractivity contribution in [3.63, 3.8) is 0 Å². The Morgan fingerprint density at radius 3 is 2.50 bits per heavy atom. The Hall–Kier alpha value is -2.04. The first-order valence-electron chi connectivity index (χ1n) is 6.25. The van der Waals surface area contributed by atoms with Gasteiger partial charge >= 0.3 is 0 Å². The highest BCUT2D eigenvalue weighted by atomic mass is 19.2. The average Bonchev–Trinajstić information content (AvgIpc) is 2.84. The summed E-state index contributed by atoms with van der Waals surface area (Å²) in [5.41, 5.74) is 1.20. The number of benzene rings is 2. The van der Waals surface area contributed by atoms with Crippen molar-refractivity contribution in [2.24, 2.45) is 0 Å². The second kappa shape index (κ2) is 4.81. The van der Waals surface area contributed by atoms with Crippen molar-refractivity contribution in [2.45, 2.75) is 18.9 Å². The summed E-state index contributed by atoms with van der Waals surface area (Å²) in [6, 6.07) is 6.41. The monoisotopic (exact) mass is 281 g/mol. The van der Waals surface area contributed by atoms with Gasteiger partial charge in [-0.05, 0) is 42.2 Å². The van der Waals surface area contributed by atoms with Gasteiger partial charge < -0.3 is 5.32 Å². The highest BCUT2D eigenvalue weighted by Crippen LogP contribution is 2.36. The fraction of sp³-hybridized carbons (Fsp3) is 0.200. The third-order valence-corrected chi connectivity index (χ3v) is 3.58. The van der Waals surface area contributed by atoms with Gasteiger partial charge in [-0.2, -0.15) is 0 Å². The lowest BCUT2D eigenvalue weighted by Gasteiger charge is -2.16. The summed E-state index contributed by atoms with van der Waals surface area (Å²) < 4.78 is 53.3. The highest BCUT2D eigenvalue weighted by Gasteiger charge is 2.26. The van der Waals surface area contributed by atoms with Crippen LogP contribution in [0.1, 0.15) is 23.6 Å². The molecule has 0 radical (unpaired) electrons. The summed E-state index contributed by atoms with van der Waals surface area (Å²) in [6.07, 6.45) is 1.11. The number of anilines is 1. The van der Waals surface area contributed by atoms with Crippen LogP contribution in [0.3, 0.4) is 0 Å². The second-order valence-corrected chi connectivity index (χ2v) is 4.77. The normalized spacial score (nSPS) is 17.1. The largest absolute Gasteiger partial charge is 0.376 e. The quantitative estimate of drug-likeness (QED) is 0.637. The molecule has 0 bridgehead atoms. The highest BCUT2D eigenvalue weighted by molar-refractivity contribution is 5.50. The van der Waals surface area contributed by atoms with E-state index in [2.05, 4.69) is 5.32 Å². The molecule has 104 valence electrons. The second-order valence-electron chi connectivity index (χ2n) is 4.77. The molecule has 1 atom stereocenters. The minimum Gasteiger partial charge on any atom is -0.376 e.